The molecule has 158 valence electrons. The molecule has 0 fully saturated rings. The maximum absolute atomic E-state index is 10.6. The van der Waals surface area contributed by atoms with E-state index in [1.54, 1.807) is 0 Å². The first kappa shape index (κ1) is 21.4. The lowest BCUT2D eigenvalue weighted by atomic mass is 10.0. The molecule has 1 aliphatic rings. The molecule has 0 unspecified atom stereocenters. The average Bonchev–Trinajstić information content (AvgIpc) is 3.21. The second-order valence-electron chi connectivity index (χ2n) is 6.56. The Labute approximate surface area is 170 Å². The van der Waals surface area contributed by atoms with Crippen LogP contribution in [0.5, 0.6) is 0 Å². The van der Waals surface area contributed by atoms with Gasteiger partial charge in [-0.1, -0.05) is 35.5 Å². The molecule has 30 heavy (non-hydrogen) atoms. The van der Waals surface area contributed by atoms with Crippen LogP contribution in [-0.4, -0.2) is 38.9 Å². The van der Waals surface area contributed by atoms with Gasteiger partial charge < -0.3 is 14.9 Å². The lowest BCUT2D eigenvalue weighted by Crippen LogP contribution is -2.24. The van der Waals surface area contributed by atoms with E-state index in [-0.39, 0.29) is 0 Å². The summed E-state index contributed by atoms with van der Waals surface area (Å²) >= 11 is 0. The summed E-state index contributed by atoms with van der Waals surface area (Å²) in [5.74, 6) is -1.46. The van der Waals surface area contributed by atoms with Gasteiger partial charge in [-0.25, -0.2) is 4.79 Å². The highest BCUT2D eigenvalue weighted by Crippen LogP contribution is 2.21. The fourth-order valence-corrected chi connectivity index (χ4v) is 2.83. The highest BCUT2D eigenvalue weighted by atomic mass is 19.4. The van der Waals surface area contributed by atoms with Crippen LogP contribution in [0.4, 0.5) is 13.2 Å². The number of nitrogens with one attached hydrogen (secondary N) is 1. The van der Waals surface area contributed by atoms with Crippen molar-refractivity contribution in [2.45, 2.75) is 32.0 Å². The van der Waals surface area contributed by atoms with E-state index < -0.39 is 12.1 Å². The molecular formula is C20H19F3N4O3. The van der Waals surface area contributed by atoms with Gasteiger partial charge in [0.2, 0.25) is 0 Å². The molecule has 3 aromatic rings. The van der Waals surface area contributed by atoms with Crippen LogP contribution in [-0.2, 0) is 30.6 Å². The number of pyridine rings is 1. The number of nitrogens with zero attached hydrogens (tertiary/aromatic N) is 3. The zero-order chi connectivity index (χ0) is 21.6. The minimum absolute atomic E-state index is 0.557. The minimum Gasteiger partial charge on any atom is -0.475 e. The van der Waals surface area contributed by atoms with Gasteiger partial charge in [0.25, 0.3) is 5.89 Å². The van der Waals surface area contributed by atoms with Gasteiger partial charge in [0.05, 0.1) is 11.3 Å². The minimum atomic E-state index is -5.08. The number of alkyl halides is 3. The summed E-state index contributed by atoms with van der Waals surface area (Å²) in [5, 5.41) is 14.5. The highest BCUT2D eigenvalue weighted by Gasteiger charge is 2.38. The number of benzene rings is 1. The van der Waals surface area contributed by atoms with Crippen molar-refractivity contribution >= 4 is 5.97 Å². The Morgan fingerprint density at radius 1 is 1.20 bits per heavy atom. The fourth-order valence-electron chi connectivity index (χ4n) is 2.83. The van der Waals surface area contributed by atoms with Crippen molar-refractivity contribution in [3.8, 4) is 11.5 Å². The number of fused-ring (bicyclic) bond motifs is 1. The number of hydrogen-bond donors (Lipinski definition) is 2. The second-order valence-corrected chi connectivity index (χ2v) is 6.56. The largest absolute Gasteiger partial charge is 0.490 e. The summed E-state index contributed by atoms with van der Waals surface area (Å²) in [5.41, 5.74) is 4.57. The van der Waals surface area contributed by atoms with E-state index >= 15 is 0 Å². The van der Waals surface area contributed by atoms with Crippen molar-refractivity contribution in [2.75, 3.05) is 6.54 Å². The Balaban J connectivity index is 0.000000318. The first-order valence-corrected chi connectivity index (χ1v) is 9.18. The highest BCUT2D eigenvalue weighted by molar-refractivity contribution is 5.73. The van der Waals surface area contributed by atoms with E-state index in [9.17, 15) is 13.2 Å². The van der Waals surface area contributed by atoms with E-state index in [4.69, 9.17) is 14.4 Å². The van der Waals surface area contributed by atoms with E-state index in [1.807, 2.05) is 24.4 Å². The van der Waals surface area contributed by atoms with Crippen LogP contribution in [0.25, 0.3) is 11.5 Å². The molecule has 3 heterocycles. The molecule has 0 radical (unpaired) electrons. The quantitative estimate of drug-likeness (QED) is 0.668. The third-order valence-corrected chi connectivity index (χ3v) is 4.36. The maximum atomic E-state index is 10.6. The molecule has 1 aromatic carbocycles. The average molecular weight is 420 g/mol. The summed E-state index contributed by atoms with van der Waals surface area (Å²) in [7, 11) is 0. The van der Waals surface area contributed by atoms with Crippen LogP contribution in [0, 0.1) is 0 Å². The van der Waals surface area contributed by atoms with Gasteiger partial charge >= 0.3 is 12.1 Å². The maximum Gasteiger partial charge on any atom is 0.490 e. The number of aliphatic carboxylic acids is 1. The van der Waals surface area contributed by atoms with Crippen molar-refractivity contribution in [1.29, 1.82) is 0 Å². The number of carbonyl (C=O) groups is 1. The summed E-state index contributed by atoms with van der Waals surface area (Å²) in [6.07, 6.45) is -0.588. The molecule has 7 nitrogen and oxygen atoms in total. The van der Waals surface area contributed by atoms with Gasteiger partial charge in [0, 0.05) is 19.2 Å². The predicted molar refractivity (Wildman–Crippen MR) is 100 cm³/mol. The molecule has 0 bridgehead atoms. The number of halogens is 3. The van der Waals surface area contributed by atoms with E-state index in [2.05, 4.69) is 38.6 Å². The Kier molecular flexibility index (Phi) is 6.78. The second kappa shape index (κ2) is 9.49. The molecule has 4 rings (SSSR count). The molecule has 0 amide bonds. The zero-order valence-electron chi connectivity index (χ0n) is 15.8. The Hall–Kier alpha value is -3.27. The predicted octanol–water partition coefficient (Wildman–Crippen LogP) is 3.20. The lowest BCUT2D eigenvalue weighted by molar-refractivity contribution is -0.192. The summed E-state index contributed by atoms with van der Waals surface area (Å²) in [6, 6.07) is 12.5. The molecule has 10 heteroatoms. The fraction of sp³-hybridized carbons (Fsp3) is 0.300. The molecule has 0 atom stereocenters. The van der Waals surface area contributed by atoms with Crippen molar-refractivity contribution in [3.05, 3.63) is 65.2 Å². The van der Waals surface area contributed by atoms with Gasteiger partial charge in [-0.05, 0) is 36.6 Å². The first-order chi connectivity index (χ1) is 14.3. The van der Waals surface area contributed by atoms with E-state index in [0.717, 1.165) is 49.4 Å². The van der Waals surface area contributed by atoms with Crippen molar-refractivity contribution in [1.82, 2.24) is 20.4 Å². The van der Waals surface area contributed by atoms with Gasteiger partial charge in [0.1, 0.15) is 0 Å². The van der Waals surface area contributed by atoms with Crippen molar-refractivity contribution < 1.29 is 27.6 Å². The topological polar surface area (TPSA) is 101 Å². The normalized spacial score (nSPS) is 13.2. The number of carboxylic acid groups (broad SMARTS) is 1. The molecule has 0 saturated carbocycles. The number of carboxylic acids is 1. The van der Waals surface area contributed by atoms with E-state index in [1.165, 1.54) is 11.1 Å². The van der Waals surface area contributed by atoms with Crippen molar-refractivity contribution in [2.24, 2.45) is 0 Å². The van der Waals surface area contributed by atoms with E-state index in [0.29, 0.717) is 5.89 Å². The number of rotatable bonds is 4. The van der Waals surface area contributed by atoms with Gasteiger partial charge in [-0.15, -0.1) is 0 Å². The first-order valence-electron chi connectivity index (χ1n) is 9.18. The lowest BCUT2D eigenvalue weighted by Gasteiger charge is -2.15. The summed E-state index contributed by atoms with van der Waals surface area (Å²) < 4.78 is 37.1. The third-order valence-electron chi connectivity index (χ3n) is 4.36. The number of aryl methyl sites for hydroxylation is 2. The SMILES string of the molecule is O=C(O)C(F)(F)F.c1ccc(CCc2noc(-c3cnc4c(c3)CCNC4)n2)cc1. The van der Waals surface area contributed by atoms with Crippen LogP contribution in [0.15, 0.2) is 47.1 Å². The summed E-state index contributed by atoms with van der Waals surface area (Å²) in [4.78, 5) is 17.9. The molecule has 0 aliphatic carbocycles. The van der Waals surface area contributed by atoms with Crippen molar-refractivity contribution in [3.63, 3.8) is 0 Å². The number of hydrogen-bond acceptors (Lipinski definition) is 6. The molecular weight excluding hydrogens is 401 g/mol. The van der Waals surface area contributed by atoms with Crippen LogP contribution in [0.2, 0.25) is 0 Å². The molecule has 0 spiro atoms. The zero-order valence-corrected chi connectivity index (χ0v) is 15.8. The molecule has 2 aromatic heterocycles. The molecule has 2 N–H and O–H groups in total. The van der Waals surface area contributed by atoms with Crippen LogP contribution >= 0.6 is 0 Å². The monoisotopic (exact) mass is 420 g/mol. The number of aromatic nitrogens is 3. The molecule has 0 saturated heterocycles. The Bertz CT molecular complexity index is 990. The van der Waals surface area contributed by atoms with Crippen LogP contribution in [0.1, 0.15) is 22.6 Å². The van der Waals surface area contributed by atoms with Gasteiger partial charge in [0.15, 0.2) is 5.82 Å². The van der Waals surface area contributed by atoms with Gasteiger partial charge in [-0.2, -0.15) is 18.2 Å². The smallest absolute Gasteiger partial charge is 0.475 e. The standard InChI is InChI=1S/C18H18N4O.C2HF3O2/c1-2-4-13(5-3-1)6-7-17-21-18(23-22-17)15-10-14-8-9-19-12-16(14)20-11-15;3-2(4,5)1(6)7/h1-5,10-11,19H,6-9,12H2;(H,6,7). The van der Waals surface area contributed by atoms with Crippen LogP contribution < -0.4 is 5.32 Å². The summed E-state index contributed by atoms with van der Waals surface area (Å²) in [6.45, 7) is 1.83. The Morgan fingerprint density at radius 2 is 1.93 bits per heavy atom. The third kappa shape index (κ3) is 5.86. The van der Waals surface area contributed by atoms with Crippen LogP contribution in [0.3, 0.4) is 0 Å². The molecule has 1 aliphatic heterocycles. The van der Waals surface area contributed by atoms with Gasteiger partial charge in [-0.3, -0.25) is 4.98 Å². The Morgan fingerprint density at radius 3 is 2.63 bits per heavy atom.